The van der Waals surface area contributed by atoms with Gasteiger partial charge in [0.05, 0.1) is 18.8 Å². The van der Waals surface area contributed by atoms with Gasteiger partial charge in [-0.15, -0.1) is 24.0 Å². The van der Waals surface area contributed by atoms with Crippen LogP contribution < -0.4 is 5.32 Å². The molecule has 0 aromatic carbocycles. The van der Waals surface area contributed by atoms with E-state index in [0.29, 0.717) is 39.3 Å². The number of alkyl halides is 3. The van der Waals surface area contributed by atoms with E-state index in [4.69, 9.17) is 9.41 Å². The zero-order chi connectivity index (χ0) is 20.9. The third kappa shape index (κ3) is 6.49. The number of nitrogens with one attached hydrogen (secondary N) is 1. The summed E-state index contributed by atoms with van der Waals surface area (Å²) in [6.45, 7) is 8.39. The summed E-state index contributed by atoms with van der Waals surface area (Å²) in [5.74, 6) is 1.68. The Balaban J connectivity index is 0.00000320. The van der Waals surface area contributed by atoms with Crippen molar-refractivity contribution in [2.45, 2.75) is 44.9 Å². The zero-order valence-corrected chi connectivity index (χ0v) is 20.0. The highest BCUT2D eigenvalue weighted by Gasteiger charge is 2.41. The molecule has 1 N–H and O–H groups in total. The number of hydrogen-bond acceptors (Lipinski definition) is 4. The molecule has 2 aliphatic heterocycles. The van der Waals surface area contributed by atoms with E-state index < -0.39 is 12.2 Å². The van der Waals surface area contributed by atoms with E-state index in [1.54, 1.807) is 6.26 Å². The highest BCUT2D eigenvalue weighted by Crippen LogP contribution is 2.27. The van der Waals surface area contributed by atoms with Crippen LogP contribution in [0.2, 0.25) is 0 Å². The second kappa shape index (κ2) is 11.6. The molecule has 0 spiro atoms. The largest absolute Gasteiger partial charge is 0.468 e. The maximum Gasteiger partial charge on any atom is 0.403 e. The van der Waals surface area contributed by atoms with Gasteiger partial charge < -0.3 is 14.6 Å². The molecule has 1 aromatic heterocycles. The molecule has 0 bridgehead atoms. The molecule has 2 aliphatic rings. The zero-order valence-electron chi connectivity index (χ0n) is 17.7. The van der Waals surface area contributed by atoms with Crippen LogP contribution in [0.5, 0.6) is 0 Å². The molecule has 6 nitrogen and oxygen atoms in total. The number of nitrogens with zero attached hydrogens (tertiary/aromatic N) is 4. The number of halogens is 4. The van der Waals surface area contributed by atoms with Gasteiger partial charge in [0.2, 0.25) is 0 Å². The van der Waals surface area contributed by atoms with Crippen molar-refractivity contribution < 1.29 is 17.6 Å². The van der Waals surface area contributed by atoms with Crippen LogP contribution in [0.25, 0.3) is 0 Å². The van der Waals surface area contributed by atoms with Crippen molar-refractivity contribution in [2.24, 2.45) is 4.99 Å². The minimum absolute atomic E-state index is 0. The number of piperazine rings is 1. The third-order valence-corrected chi connectivity index (χ3v) is 5.84. The molecule has 3 rings (SSSR count). The average Bonchev–Trinajstić information content (AvgIpc) is 3.41. The van der Waals surface area contributed by atoms with Gasteiger partial charge in [0, 0.05) is 32.7 Å². The van der Waals surface area contributed by atoms with Crippen LogP contribution in [-0.2, 0) is 0 Å². The van der Waals surface area contributed by atoms with Gasteiger partial charge in [0.1, 0.15) is 11.8 Å². The summed E-state index contributed by atoms with van der Waals surface area (Å²) >= 11 is 0. The van der Waals surface area contributed by atoms with Crippen LogP contribution in [-0.4, -0.2) is 85.2 Å². The molecular formula is C20H33F3IN5O. The number of furan rings is 1. The van der Waals surface area contributed by atoms with E-state index in [-0.39, 0.29) is 30.0 Å². The van der Waals surface area contributed by atoms with Crippen molar-refractivity contribution in [3.8, 4) is 0 Å². The topological polar surface area (TPSA) is 47.3 Å². The Labute approximate surface area is 193 Å². The first-order valence-electron chi connectivity index (χ1n) is 10.5. The minimum atomic E-state index is -4.19. The van der Waals surface area contributed by atoms with Crippen molar-refractivity contribution in [1.82, 2.24) is 20.0 Å². The summed E-state index contributed by atoms with van der Waals surface area (Å²) in [6, 6.07) is 2.56. The number of likely N-dealkylation sites (tertiary alicyclic amines) is 1. The maximum absolute atomic E-state index is 13.0. The lowest BCUT2D eigenvalue weighted by atomic mass is 10.2. The first-order chi connectivity index (χ1) is 13.9. The van der Waals surface area contributed by atoms with Crippen molar-refractivity contribution in [1.29, 1.82) is 0 Å². The Morgan fingerprint density at radius 1 is 1.13 bits per heavy atom. The Bertz CT molecular complexity index is 641. The number of aliphatic imine (C=N–C) groups is 1. The smallest absolute Gasteiger partial charge is 0.403 e. The summed E-state index contributed by atoms with van der Waals surface area (Å²) in [4.78, 5) is 10.8. The van der Waals surface area contributed by atoms with E-state index in [9.17, 15) is 13.2 Å². The predicted octanol–water partition coefficient (Wildman–Crippen LogP) is 3.57. The Hall–Kier alpha value is -1.01. The van der Waals surface area contributed by atoms with Gasteiger partial charge in [-0.1, -0.05) is 0 Å². The normalized spacial score (nSPS) is 21.4. The summed E-state index contributed by atoms with van der Waals surface area (Å²) in [7, 11) is 0. The van der Waals surface area contributed by atoms with Crippen LogP contribution in [0.1, 0.15) is 38.5 Å². The van der Waals surface area contributed by atoms with Crippen molar-refractivity contribution in [2.75, 3.05) is 52.4 Å². The van der Waals surface area contributed by atoms with Crippen LogP contribution in [0, 0.1) is 0 Å². The summed E-state index contributed by atoms with van der Waals surface area (Å²) in [5, 5.41) is 3.30. The van der Waals surface area contributed by atoms with Crippen LogP contribution in [0.4, 0.5) is 13.2 Å². The highest BCUT2D eigenvalue weighted by atomic mass is 127. The molecule has 0 saturated carbocycles. The monoisotopic (exact) mass is 543 g/mol. The van der Waals surface area contributed by atoms with Crippen molar-refractivity contribution in [3.63, 3.8) is 0 Å². The molecule has 2 atom stereocenters. The molecule has 172 valence electrons. The summed E-state index contributed by atoms with van der Waals surface area (Å²) < 4.78 is 44.7. The average molecular weight is 543 g/mol. The first kappa shape index (κ1) is 25.3. The van der Waals surface area contributed by atoms with E-state index >= 15 is 0 Å². The molecule has 2 unspecified atom stereocenters. The Morgan fingerprint density at radius 2 is 1.80 bits per heavy atom. The lowest BCUT2D eigenvalue weighted by molar-refractivity contribution is -0.181. The molecule has 0 aliphatic carbocycles. The lowest BCUT2D eigenvalue weighted by Gasteiger charge is -2.39. The summed E-state index contributed by atoms with van der Waals surface area (Å²) in [6.07, 6.45) is -0.137. The molecule has 2 saturated heterocycles. The number of guanidine groups is 1. The van der Waals surface area contributed by atoms with Gasteiger partial charge in [0.15, 0.2) is 5.96 Å². The van der Waals surface area contributed by atoms with Crippen LogP contribution >= 0.6 is 24.0 Å². The predicted molar refractivity (Wildman–Crippen MR) is 122 cm³/mol. The SMILES string of the molecule is CCNC(=NCC(c1ccco1)N1CCCC1)N1CCN(C(C)C(F)(F)F)CC1.I. The van der Waals surface area contributed by atoms with E-state index in [2.05, 4.69) is 15.1 Å². The fraction of sp³-hybridized carbons (Fsp3) is 0.750. The standard InChI is InChI=1S/C20H32F3N5O.HI/c1-3-24-19(28-12-10-26(11-13-28)16(2)20(21,22)23)25-15-17(18-7-6-14-29-18)27-8-4-5-9-27;/h6-7,14,16-17H,3-5,8-13,15H2,1-2H3,(H,24,25);1H. The molecule has 3 heterocycles. The third-order valence-electron chi connectivity index (χ3n) is 5.84. The van der Waals surface area contributed by atoms with E-state index in [1.807, 2.05) is 19.1 Å². The van der Waals surface area contributed by atoms with Crippen LogP contribution in [0.15, 0.2) is 27.8 Å². The molecule has 2 fully saturated rings. The number of hydrogen-bond donors (Lipinski definition) is 1. The van der Waals surface area contributed by atoms with Gasteiger partial charge in [-0.2, -0.15) is 13.2 Å². The maximum atomic E-state index is 13.0. The molecule has 0 amide bonds. The Kier molecular flexibility index (Phi) is 9.73. The molecule has 0 radical (unpaired) electrons. The Morgan fingerprint density at radius 3 is 2.33 bits per heavy atom. The summed E-state index contributed by atoms with van der Waals surface area (Å²) in [5.41, 5.74) is 0. The van der Waals surface area contributed by atoms with Gasteiger partial charge >= 0.3 is 6.18 Å². The van der Waals surface area contributed by atoms with Gasteiger partial charge in [0.25, 0.3) is 0 Å². The second-order valence-corrected chi connectivity index (χ2v) is 7.71. The fourth-order valence-corrected chi connectivity index (χ4v) is 4.05. The molecule has 1 aromatic rings. The first-order valence-corrected chi connectivity index (χ1v) is 10.5. The highest BCUT2D eigenvalue weighted by molar-refractivity contribution is 14.0. The quantitative estimate of drug-likeness (QED) is 0.338. The van der Waals surface area contributed by atoms with Gasteiger partial charge in [-0.25, -0.2) is 0 Å². The van der Waals surface area contributed by atoms with Gasteiger partial charge in [-0.05, 0) is 51.9 Å². The molecule has 10 heteroatoms. The van der Waals surface area contributed by atoms with E-state index in [0.717, 1.165) is 24.8 Å². The molecular weight excluding hydrogens is 510 g/mol. The minimum Gasteiger partial charge on any atom is -0.468 e. The van der Waals surface area contributed by atoms with Gasteiger partial charge in [-0.3, -0.25) is 14.8 Å². The lowest BCUT2D eigenvalue weighted by Crippen LogP contribution is -2.56. The second-order valence-electron chi connectivity index (χ2n) is 7.71. The van der Waals surface area contributed by atoms with Crippen molar-refractivity contribution in [3.05, 3.63) is 24.2 Å². The number of rotatable bonds is 6. The van der Waals surface area contributed by atoms with Crippen molar-refractivity contribution >= 4 is 29.9 Å². The van der Waals surface area contributed by atoms with Crippen LogP contribution in [0.3, 0.4) is 0 Å². The fourth-order valence-electron chi connectivity index (χ4n) is 4.05. The molecule has 30 heavy (non-hydrogen) atoms. The van der Waals surface area contributed by atoms with E-state index in [1.165, 1.54) is 24.7 Å².